The second-order valence-corrected chi connectivity index (χ2v) is 6.44. The standard InChI is InChI=1S/C19H26N2/c1-2-15-6-8-16(9-7-15)12-21-14-18-5-3-4-17-13-20-11-10-19(17)18/h3-5,10-11,13,15-16,21H,2,6-9,12,14H2,1H3. The van der Waals surface area contributed by atoms with Crippen LogP contribution in [-0.2, 0) is 6.54 Å². The first-order chi connectivity index (χ1) is 10.4. The Labute approximate surface area is 128 Å². The van der Waals surface area contributed by atoms with Crippen LogP contribution in [0.2, 0.25) is 0 Å². The van der Waals surface area contributed by atoms with Gasteiger partial charge in [0.15, 0.2) is 0 Å². The molecule has 2 heteroatoms. The van der Waals surface area contributed by atoms with E-state index in [0.717, 1.165) is 24.9 Å². The fourth-order valence-corrected chi connectivity index (χ4v) is 3.60. The van der Waals surface area contributed by atoms with Crippen molar-refractivity contribution in [2.45, 2.75) is 45.6 Å². The van der Waals surface area contributed by atoms with Crippen molar-refractivity contribution in [3.63, 3.8) is 0 Å². The van der Waals surface area contributed by atoms with Gasteiger partial charge < -0.3 is 5.32 Å². The summed E-state index contributed by atoms with van der Waals surface area (Å²) in [6.45, 7) is 4.46. The van der Waals surface area contributed by atoms with E-state index in [1.54, 1.807) is 0 Å². The van der Waals surface area contributed by atoms with E-state index in [1.807, 2.05) is 12.4 Å². The molecular weight excluding hydrogens is 256 g/mol. The Bertz CT molecular complexity index is 565. The first-order valence-corrected chi connectivity index (χ1v) is 8.39. The number of rotatable bonds is 5. The first kappa shape index (κ1) is 14.5. The molecule has 1 fully saturated rings. The molecule has 0 amide bonds. The highest BCUT2D eigenvalue weighted by molar-refractivity contribution is 5.84. The van der Waals surface area contributed by atoms with E-state index in [-0.39, 0.29) is 0 Å². The third kappa shape index (κ3) is 3.62. The van der Waals surface area contributed by atoms with Crippen LogP contribution in [0.25, 0.3) is 10.8 Å². The molecule has 0 atom stereocenters. The molecule has 1 aliphatic carbocycles. The Kier molecular flexibility index (Phi) is 4.87. The molecular formula is C19H26N2. The minimum atomic E-state index is 0.879. The van der Waals surface area contributed by atoms with Crippen molar-refractivity contribution in [1.82, 2.24) is 10.3 Å². The van der Waals surface area contributed by atoms with Crippen molar-refractivity contribution in [3.8, 4) is 0 Å². The van der Waals surface area contributed by atoms with E-state index in [2.05, 4.69) is 41.5 Å². The van der Waals surface area contributed by atoms with Crippen LogP contribution < -0.4 is 5.32 Å². The summed E-state index contributed by atoms with van der Waals surface area (Å²) in [7, 11) is 0. The molecule has 1 aliphatic rings. The average Bonchev–Trinajstić information content (AvgIpc) is 2.56. The highest BCUT2D eigenvalue weighted by Crippen LogP contribution is 2.30. The van der Waals surface area contributed by atoms with Crippen molar-refractivity contribution >= 4 is 10.8 Å². The Morgan fingerprint density at radius 3 is 2.71 bits per heavy atom. The Morgan fingerprint density at radius 1 is 1.10 bits per heavy atom. The van der Waals surface area contributed by atoms with Crippen molar-refractivity contribution in [2.75, 3.05) is 6.54 Å². The van der Waals surface area contributed by atoms with Crippen LogP contribution in [-0.4, -0.2) is 11.5 Å². The van der Waals surface area contributed by atoms with Gasteiger partial charge >= 0.3 is 0 Å². The van der Waals surface area contributed by atoms with Crippen molar-refractivity contribution < 1.29 is 0 Å². The van der Waals surface area contributed by atoms with E-state index in [0.29, 0.717) is 0 Å². The molecule has 0 saturated heterocycles. The van der Waals surface area contributed by atoms with Gasteiger partial charge in [0.1, 0.15) is 0 Å². The maximum absolute atomic E-state index is 4.20. The number of benzene rings is 1. The number of nitrogens with one attached hydrogen (secondary N) is 1. The lowest BCUT2D eigenvalue weighted by atomic mass is 9.81. The van der Waals surface area contributed by atoms with E-state index < -0.39 is 0 Å². The second-order valence-electron chi connectivity index (χ2n) is 6.44. The monoisotopic (exact) mass is 282 g/mol. The van der Waals surface area contributed by atoms with Gasteiger partial charge in [0.25, 0.3) is 0 Å². The third-order valence-electron chi connectivity index (χ3n) is 5.06. The zero-order valence-electron chi connectivity index (χ0n) is 13.0. The summed E-state index contributed by atoms with van der Waals surface area (Å²) >= 11 is 0. The lowest BCUT2D eigenvalue weighted by molar-refractivity contribution is 0.262. The molecule has 21 heavy (non-hydrogen) atoms. The van der Waals surface area contributed by atoms with Crippen LogP contribution in [0.3, 0.4) is 0 Å². The molecule has 0 radical (unpaired) electrons. The zero-order chi connectivity index (χ0) is 14.5. The van der Waals surface area contributed by atoms with Crippen LogP contribution in [0.1, 0.15) is 44.6 Å². The summed E-state index contributed by atoms with van der Waals surface area (Å²) in [5, 5.41) is 6.24. The molecule has 3 rings (SSSR count). The van der Waals surface area contributed by atoms with Gasteiger partial charge in [-0.3, -0.25) is 4.98 Å². The van der Waals surface area contributed by atoms with Gasteiger partial charge in [-0.15, -0.1) is 0 Å². The second kappa shape index (κ2) is 7.04. The normalized spacial score (nSPS) is 22.5. The Hall–Kier alpha value is -1.41. The molecule has 0 aliphatic heterocycles. The smallest absolute Gasteiger partial charge is 0.0346 e. The summed E-state index contributed by atoms with van der Waals surface area (Å²) in [6.07, 6.45) is 10.9. The van der Waals surface area contributed by atoms with E-state index in [9.17, 15) is 0 Å². The minimum absolute atomic E-state index is 0.879. The maximum Gasteiger partial charge on any atom is 0.0346 e. The van der Waals surface area contributed by atoms with Gasteiger partial charge in [0.2, 0.25) is 0 Å². The van der Waals surface area contributed by atoms with Gasteiger partial charge in [0.05, 0.1) is 0 Å². The van der Waals surface area contributed by atoms with Crippen LogP contribution in [0.4, 0.5) is 0 Å². The molecule has 0 bridgehead atoms. The quantitative estimate of drug-likeness (QED) is 0.870. The van der Waals surface area contributed by atoms with Gasteiger partial charge in [-0.1, -0.05) is 44.4 Å². The molecule has 1 aromatic carbocycles. The molecule has 2 aromatic rings. The number of pyridine rings is 1. The highest BCUT2D eigenvalue weighted by atomic mass is 14.9. The predicted molar refractivity (Wildman–Crippen MR) is 89.2 cm³/mol. The van der Waals surface area contributed by atoms with E-state index in [4.69, 9.17) is 0 Å². The van der Waals surface area contributed by atoms with Crippen molar-refractivity contribution in [1.29, 1.82) is 0 Å². The Balaban J connectivity index is 1.53. The lowest BCUT2D eigenvalue weighted by Crippen LogP contribution is -2.26. The van der Waals surface area contributed by atoms with Crippen molar-refractivity contribution in [2.24, 2.45) is 11.8 Å². The molecule has 1 heterocycles. The Morgan fingerprint density at radius 2 is 1.90 bits per heavy atom. The minimum Gasteiger partial charge on any atom is -0.312 e. The fraction of sp³-hybridized carbons (Fsp3) is 0.526. The largest absolute Gasteiger partial charge is 0.312 e. The summed E-state index contributed by atoms with van der Waals surface area (Å²) in [4.78, 5) is 4.20. The van der Waals surface area contributed by atoms with Crippen LogP contribution >= 0.6 is 0 Å². The summed E-state index contributed by atoms with van der Waals surface area (Å²) in [5.74, 6) is 1.87. The number of hydrogen-bond acceptors (Lipinski definition) is 2. The molecule has 1 N–H and O–H groups in total. The molecule has 1 saturated carbocycles. The fourth-order valence-electron chi connectivity index (χ4n) is 3.60. The first-order valence-electron chi connectivity index (χ1n) is 8.39. The molecule has 112 valence electrons. The molecule has 0 unspecified atom stereocenters. The number of nitrogens with zero attached hydrogens (tertiary/aromatic N) is 1. The SMILES string of the molecule is CCC1CCC(CNCc2cccc3cnccc23)CC1. The van der Waals surface area contributed by atoms with E-state index >= 15 is 0 Å². The van der Waals surface area contributed by atoms with Crippen LogP contribution in [0.5, 0.6) is 0 Å². The predicted octanol–water partition coefficient (Wildman–Crippen LogP) is 4.54. The topological polar surface area (TPSA) is 24.9 Å². The lowest BCUT2D eigenvalue weighted by Gasteiger charge is -2.28. The summed E-state index contributed by atoms with van der Waals surface area (Å²) in [5.41, 5.74) is 1.39. The summed E-state index contributed by atoms with van der Waals surface area (Å²) in [6, 6.07) is 8.62. The maximum atomic E-state index is 4.20. The number of hydrogen-bond donors (Lipinski definition) is 1. The molecule has 1 aromatic heterocycles. The van der Waals surface area contributed by atoms with E-state index in [1.165, 1.54) is 48.4 Å². The van der Waals surface area contributed by atoms with Crippen LogP contribution in [0.15, 0.2) is 36.7 Å². The third-order valence-corrected chi connectivity index (χ3v) is 5.06. The highest BCUT2D eigenvalue weighted by Gasteiger charge is 2.19. The zero-order valence-corrected chi connectivity index (χ0v) is 13.0. The van der Waals surface area contributed by atoms with Crippen LogP contribution in [0, 0.1) is 11.8 Å². The molecule has 0 spiro atoms. The van der Waals surface area contributed by atoms with Crippen molar-refractivity contribution in [3.05, 3.63) is 42.2 Å². The number of aromatic nitrogens is 1. The van der Waals surface area contributed by atoms with Gasteiger partial charge in [0, 0.05) is 24.3 Å². The number of fused-ring (bicyclic) bond motifs is 1. The van der Waals surface area contributed by atoms with Gasteiger partial charge in [-0.2, -0.15) is 0 Å². The average molecular weight is 282 g/mol. The van der Waals surface area contributed by atoms with Gasteiger partial charge in [-0.05, 0) is 48.2 Å². The summed E-state index contributed by atoms with van der Waals surface area (Å²) < 4.78 is 0. The molecule has 2 nitrogen and oxygen atoms in total. The van der Waals surface area contributed by atoms with Gasteiger partial charge in [-0.25, -0.2) is 0 Å².